The third kappa shape index (κ3) is 2.66. The standard InChI is InChI=1S/C11H15ClN2O2S/c1-14(9-4-5-17(15,16)7-9)11-3-2-8(13)6-10(11)12/h2-3,6,9H,4-5,7,13H2,1H3. The third-order valence-electron chi connectivity index (χ3n) is 3.11. The summed E-state index contributed by atoms with van der Waals surface area (Å²) in [6, 6.07) is 5.27. The molecule has 6 heteroatoms. The maximum atomic E-state index is 11.4. The first kappa shape index (κ1) is 12.5. The highest BCUT2D eigenvalue weighted by atomic mass is 35.5. The van der Waals surface area contributed by atoms with Gasteiger partial charge in [-0.15, -0.1) is 0 Å². The molecule has 1 saturated heterocycles. The Morgan fingerprint density at radius 3 is 2.71 bits per heavy atom. The number of halogens is 1. The van der Waals surface area contributed by atoms with Crippen LogP contribution < -0.4 is 10.6 Å². The average molecular weight is 275 g/mol. The lowest BCUT2D eigenvalue weighted by Crippen LogP contribution is -2.32. The van der Waals surface area contributed by atoms with Gasteiger partial charge in [-0.3, -0.25) is 0 Å². The summed E-state index contributed by atoms with van der Waals surface area (Å²) >= 11 is 6.10. The zero-order valence-electron chi connectivity index (χ0n) is 9.56. The second kappa shape index (κ2) is 4.38. The molecule has 1 aliphatic rings. The summed E-state index contributed by atoms with van der Waals surface area (Å²) in [6.45, 7) is 0. The highest BCUT2D eigenvalue weighted by Crippen LogP contribution is 2.30. The Bertz CT molecular complexity index is 530. The molecule has 4 nitrogen and oxygen atoms in total. The second-order valence-electron chi connectivity index (χ2n) is 4.38. The fraction of sp³-hybridized carbons (Fsp3) is 0.455. The van der Waals surface area contributed by atoms with Crippen LogP contribution in [0.2, 0.25) is 5.02 Å². The highest BCUT2D eigenvalue weighted by molar-refractivity contribution is 7.91. The van der Waals surface area contributed by atoms with E-state index in [0.29, 0.717) is 17.1 Å². The molecule has 1 atom stereocenters. The molecule has 17 heavy (non-hydrogen) atoms. The van der Waals surface area contributed by atoms with Crippen LogP contribution in [0.1, 0.15) is 6.42 Å². The van der Waals surface area contributed by atoms with E-state index >= 15 is 0 Å². The first-order chi connectivity index (χ1) is 7.89. The predicted octanol–water partition coefficient (Wildman–Crippen LogP) is 1.55. The van der Waals surface area contributed by atoms with Gasteiger partial charge in [0.25, 0.3) is 0 Å². The van der Waals surface area contributed by atoms with Crippen molar-refractivity contribution in [3.63, 3.8) is 0 Å². The van der Waals surface area contributed by atoms with Gasteiger partial charge >= 0.3 is 0 Å². The Hall–Kier alpha value is -0.940. The van der Waals surface area contributed by atoms with Gasteiger partial charge in [0.05, 0.1) is 22.2 Å². The monoisotopic (exact) mass is 274 g/mol. The minimum atomic E-state index is -2.88. The first-order valence-electron chi connectivity index (χ1n) is 5.37. The lowest BCUT2D eigenvalue weighted by atomic mass is 10.2. The Labute approximate surface area is 106 Å². The minimum Gasteiger partial charge on any atom is -0.399 e. The molecule has 1 unspecified atom stereocenters. The topological polar surface area (TPSA) is 63.4 Å². The number of hydrogen-bond acceptors (Lipinski definition) is 4. The molecular formula is C11H15ClN2O2S. The molecule has 94 valence electrons. The Kier molecular flexibility index (Phi) is 3.23. The zero-order valence-corrected chi connectivity index (χ0v) is 11.1. The molecule has 1 aromatic rings. The molecular weight excluding hydrogens is 260 g/mol. The smallest absolute Gasteiger partial charge is 0.152 e. The van der Waals surface area contributed by atoms with E-state index in [9.17, 15) is 8.42 Å². The number of anilines is 2. The van der Waals surface area contributed by atoms with E-state index in [0.717, 1.165) is 5.69 Å². The van der Waals surface area contributed by atoms with Crippen LogP contribution >= 0.6 is 11.6 Å². The lowest BCUT2D eigenvalue weighted by molar-refractivity contribution is 0.601. The molecule has 0 radical (unpaired) electrons. The normalized spacial score (nSPS) is 22.6. The number of nitrogen functional groups attached to an aromatic ring is 1. The Morgan fingerprint density at radius 2 is 2.18 bits per heavy atom. The lowest BCUT2D eigenvalue weighted by Gasteiger charge is -2.26. The first-order valence-corrected chi connectivity index (χ1v) is 7.57. The van der Waals surface area contributed by atoms with Crippen molar-refractivity contribution in [1.29, 1.82) is 0 Å². The molecule has 2 N–H and O–H groups in total. The summed E-state index contributed by atoms with van der Waals surface area (Å²) in [6.07, 6.45) is 0.652. The van der Waals surface area contributed by atoms with Crippen molar-refractivity contribution in [2.24, 2.45) is 0 Å². The number of nitrogens with zero attached hydrogens (tertiary/aromatic N) is 1. The maximum Gasteiger partial charge on any atom is 0.152 e. The van der Waals surface area contributed by atoms with Crippen LogP contribution in [0.4, 0.5) is 11.4 Å². The van der Waals surface area contributed by atoms with E-state index in [4.69, 9.17) is 17.3 Å². The van der Waals surface area contributed by atoms with Gasteiger partial charge in [0.1, 0.15) is 0 Å². The molecule has 0 aliphatic carbocycles. The average Bonchev–Trinajstić information content (AvgIpc) is 2.58. The largest absolute Gasteiger partial charge is 0.399 e. The summed E-state index contributed by atoms with van der Waals surface area (Å²) in [4.78, 5) is 1.92. The third-order valence-corrected chi connectivity index (χ3v) is 5.16. The number of nitrogens with two attached hydrogens (primary N) is 1. The van der Waals surface area contributed by atoms with Crippen LogP contribution in [0.15, 0.2) is 18.2 Å². The molecule has 1 aromatic carbocycles. The minimum absolute atomic E-state index is 0.00104. The second-order valence-corrected chi connectivity index (χ2v) is 7.01. The molecule has 0 amide bonds. The van der Waals surface area contributed by atoms with Crippen molar-refractivity contribution < 1.29 is 8.42 Å². The molecule has 0 saturated carbocycles. The molecule has 0 bridgehead atoms. The van der Waals surface area contributed by atoms with Crippen molar-refractivity contribution in [1.82, 2.24) is 0 Å². The molecule has 0 spiro atoms. The van der Waals surface area contributed by atoms with Gasteiger partial charge in [-0.1, -0.05) is 11.6 Å². The van der Waals surface area contributed by atoms with Gasteiger partial charge in [-0.05, 0) is 24.6 Å². The van der Waals surface area contributed by atoms with Crippen molar-refractivity contribution in [3.05, 3.63) is 23.2 Å². The SMILES string of the molecule is CN(c1ccc(N)cc1Cl)C1CCS(=O)(=O)C1. The Morgan fingerprint density at radius 1 is 1.47 bits per heavy atom. The maximum absolute atomic E-state index is 11.4. The molecule has 1 heterocycles. The molecule has 1 fully saturated rings. The zero-order chi connectivity index (χ0) is 12.6. The van der Waals surface area contributed by atoms with Crippen LogP contribution in [0.5, 0.6) is 0 Å². The summed E-state index contributed by atoms with van der Waals surface area (Å²) in [7, 11) is -1.01. The highest BCUT2D eigenvalue weighted by Gasteiger charge is 2.31. The number of sulfone groups is 1. The van der Waals surface area contributed by atoms with E-state index in [2.05, 4.69) is 0 Å². The Balaban J connectivity index is 2.23. The van der Waals surface area contributed by atoms with E-state index in [1.165, 1.54) is 0 Å². The van der Waals surface area contributed by atoms with Crippen LogP contribution in [-0.4, -0.2) is 33.0 Å². The fourth-order valence-corrected chi connectivity index (χ4v) is 4.18. The summed E-state index contributed by atoms with van der Waals surface area (Å²) in [5.41, 5.74) is 7.05. The number of rotatable bonds is 2. The quantitative estimate of drug-likeness (QED) is 0.831. The van der Waals surface area contributed by atoms with Crippen molar-refractivity contribution in [2.45, 2.75) is 12.5 Å². The van der Waals surface area contributed by atoms with Crippen molar-refractivity contribution in [3.8, 4) is 0 Å². The van der Waals surface area contributed by atoms with Gasteiger partial charge in [-0.25, -0.2) is 8.42 Å². The van der Waals surface area contributed by atoms with Crippen molar-refractivity contribution in [2.75, 3.05) is 29.2 Å². The van der Waals surface area contributed by atoms with Crippen LogP contribution in [0, 0.1) is 0 Å². The summed E-state index contributed by atoms with van der Waals surface area (Å²) in [5.74, 6) is 0.457. The van der Waals surface area contributed by atoms with Gasteiger partial charge < -0.3 is 10.6 Å². The van der Waals surface area contributed by atoms with Crippen molar-refractivity contribution >= 4 is 32.8 Å². The van der Waals surface area contributed by atoms with E-state index in [1.54, 1.807) is 12.1 Å². The fourth-order valence-electron chi connectivity index (χ4n) is 2.09. The predicted molar refractivity (Wildman–Crippen MR) is 71.3 cm³/mol. The molecule has 0 aromatic heterocycles. The van der Waals surface area contributed by atoms with Crippen LogP contribution in [0.3, 0.4) is 0 Å². The number of benzene rings is 1. The van der Waals surface area contributed by atoms with Crippen LogP contribution in [0.25, 0.3) is 0 Å². The molecule has 1 aliphatic heterocycles. The van der Waals surface area contributed by atoms with E-state index in [1.807, 2.05) is 18.0 Å². The summed E-state index contributed by atoms with van der Waals surface area (Å²) in [5, 5.41) is 0.553. The van der Waals surface area contributed by atoms with Gasteiger partial charge in [0, 0.05) is 18.8 Å². The van der Waals surface area contributed by atoms with E-state index < -0.39 is 9.84 Å². The van der Waals surface area contributed by atoms with Gasteiger partial charge in [0.15, 0.2) is 9.84 Å². The number of hydrogen-bond donors (Lipinski definition) is 1. The van der Waals surface area contributed by atoms with Gasteiger partial charge in [0.2, 0.25) is 0 Å². The molecule has 2 rings (SSSR count). The van der Waals surface area contributed by atoms with Crippen LogP contribution in [-0.2, 0) is 9.84 Å². The summed E-state index contributed by atoms with van der Waals surface area (Å²) < 4.78 is 22.9. The van der Waals surface area contributed by atoms with Gasteiger partial charge in [-0.2, -0.15) is 0 Å². The van der Waals surface area contributed by atoms with E-state index in [-0.39, 0.29) is 17.5 Å².